The molecule has 2 heterocycles. The van der Waals surface area contributed by atoms with Crippen molar-refractivity contribution in [2.45, 2.75) is 38.6 Å². The number of likely N-dealkylation sites (N-methyl/N-ethyl adjacent to an activating group) is 1. The molecule has 0 aliphatic carbocycles. The zero-order chi connectivity index (χ0) is 15.2. The summed E-state index contributed by atoms with van der Waals surface area (Å²) in [5.41, 5.74) is 0. The third-order valence-electron chi connectivity index (χ3n) is 3.98. The molecule has 1 aromatic heterocycles. The number of thiazole rings is 1. The molecule has 118 valence electrons. The molecule has 21 heavy (non-hydrogen) atoms. The van der Waals surface area contributed by atoms with Crippen molar-refractivity contribution in [2.75, 3.05) is 33.7 Å². The molecule has 0 saturated carbocycles. The Bertz CT molecular complexity index is 460. The van der Waals surface area contributed by atoms with E-state index in [9.17, 15) is 4.79 Å². The number of amides is 2. The van der Waals surface area contributed by atoms with Gasteiger partial charge in [-0.15, -0.1) is 11.3 Å². The van der Waals surface area contributed by atoms with Gasteiger partial charge in [-0.25, -0.2) is 9.78 Å². The van der Waals surface area contributed by atoms with Gasteiger partial charge in [0, 0.05) is 43.2 Å². The van der Waals surface area contributed by atoms with Gasteiger partial charge in [0.05, 0.1) is 5.01 Å². The van der Waals surface area contributed by atoms with E-state index in [1.165, 1.54) is 11.3 Å². The highest BCUT2D eigenvalue weighted by Crippen LogP contribution is 2.15. The Hall–Kier alpha value is -1.14. The summed E-state index contributed by atoms with van der Waals surface area (Å²) in [6.45, 7) is 4.50. The Morgan fingerprint density at radius 3 is 3.05 bits per heavy atom. The van der Waals surface area contributed by atoms with Crippen LogP contribution in [0.15, 0.2) is 6.20 Å². The quantitative estimate of drug-likeness (QED) is 0.905. The summed E-state index contributed by atoms with van der Waals surface area (Å²) in [7, 11) is 4.17. The van der Waals surface area contributed by atoms with Crippen molar-refractivity contribution in [3.63, 3.8) is 0 Å². The molecule has 5 nitrogen and oxygen atoms in total. The van der Waals surface area contributed by atoms with E-state index in [0.29, 0.717) is 12.6 Å². The van der Waals surface area contributed by atoms with Crippen molar-refractivity contribution >= 4 is 17.4 Å². The summed E-state index contributed by atoms with van der Waals surface area (Å²) >= 11 is 1.74. The number of carbonyl (C=O) groups excluding carboxylic acids is 1. The van der Waals surface area contributed by atoms with Gasteiger partial charge < -0.3 is 15.1 Å². The summed E-state index contributed by atoms with van der Waals surface area (Å²) in [6.07, 6.45) is 6.05. The molecular weight excluding hydrogens is 284 g/mol. The fourth-order valence-electron chi connectivity index (χ4n) is 2.58. The standard InChI is InChI=1S/C15H26N4OS/c1-4-13-10-17-14(21-13)7-8-16-15(20)19-9-5-6-12(11-19)18(2)3/h10,12H,4-9,11H2,1-3H3,(H,16,20)/t12-/m1/s1. The summed E-state index contributed by atoms with van der Waals surface area (Å²) in [4.78, 5) is 22.0. The predicted octanol–water partition coefficient (Wildman–Crippen LogP) is 1.98. The van der Waals surface area contributed by atoms with Gasteiger partial charge in [0.25, 0.3) is 0 Å². The smallest absolute Gasteiger partial charge is 0.317 e. The molecule has 1 aliphatic rings. The molecule has 0 aromatic carbocycles. The maximum absolute atomic E-state index is 12.2. The van der Waals surface area contributed by atoms with E-state index in [2.05, 4.69) is 36.2 Å². The number of aryl methyl sites for hydroxylation is 1. The number of piperidine rings is 1. The van der Waals surface area contributed by atoms with E-state index in [1.807, 2.05) is 11.1 Å². The first-order valence-electron chi connectivity index (χ1n) is 7.73. The second kappa shape index (κ2) is 7.75. The fraction of sp³-hybridized carbons (Fsp3) is 0.733. The van der Waals surface area contributed by atoms with Crippen LogP contribution in [0.25, 0.3) is 0 Å². The average molecular weight is 310 g/mol. The van der Waals surface area contributed by atoms with Crippen LogP contribution >= 0.6 is 11.3 Å². The minimum absolute atomic E-state index is 0.0637. The molecule has 0 radical (unpaired) electrons. The van der Waals surface area contributed by atoms with Crippen LogP contribution in [-0.2, 0) is 12.8 Å². The Balaban J connectivity index is 1.73. The molecule has 2 rings (SSSR count). The largest absolute Gasteiger partial charge is 0.338 e. The van der Waals surface area contributed by atoms with Crippen LogP contribution in [0.3, 0.4) is 0 Å². The lowest BCUT2D eigenvalue weighted by atomic mass is 10.1. The topological polar surface area (TPSA) is 48.5 Å². The minimum Gasteiger partial charge on any atom is -0.338 e. The summed E-state index contributed by atoms with van der Waals surface area (Å²) in [5.74, 6) is 0. The summed E-state index contributed by atoms with van der Waals surface area (Å²) < 4.78 is 0. The molecule has 2 amide bonds. The van der Waals surface area contributed by atoms with Gasteiger partial charge in [0.15, 0.2) is 0 Å². The van der Waals surface area contributed by atoms with Crippen molar-refractivity contribution in [2.24, 2.45) is 0 Å². The maximum atomic E-state index is 12.2. The van der Waals surface area contributed by atoms with Gasteiger partial charge in [0.2, 0.25) is 0 Å². The third kappa shape index (κ3) is 4.68. The number of hydrogen-bond donors (Lipinski definition) is 1. The monoisotopic (exact) mass is 310 g/mol. The number of nitrogens with zero attached hydrogens (tertiary/aromatic N) is 3. The third-order valence-corrected chi connectivity index (χ3v) is 5.18. The van der Waals surface area contributed by atoms with E-state index in [-0.39, 0.29) is 6.03 Å². The molecule has 0 bridgehead atoms. The molecule has 1 aliphatic heterocycles. The lowest BCUT2D eigenvalue weighted by Crippen LogP contribution is -2.50. The normalized spacial score (nSPS) is 19.0. The number of hydrogen-bond acceptors (Lipinski definition) is 4. The van der Waals surface area contributed by atoms with Gasteiger partial charge in [-0.2, -0.15) is 0 Å². The molecular formula is C15H26N4OS. The Kier molecular flexibility index (Phi) is 5.99. The maximum Gasteiger partial charge on any atom is 0.317 e. The highest BCUT2D eigenvalue weighted by atomic mass is 32.1. The highest BCUT2D eigenvalue weighted by Gasteiger charge is 2.24. The lowest BCUT2D eigenvalue weighted by molar-refractivity contribution is 0.140. The van der Waals surface area contributed by atoms with Crippen molar-refractivity contribution < 1.29 is 4.79 Å². The second-order valence-corrected chi connectivity index (χ2v) is 6.96. The van der Waals surface area contributed by atoms with Gasteiger partial charge in [0.1, 0.15) is 0 Å². The second-order valence-electron chi connectivity index (χ2n) is 5.76. The molecule has 0 spiro atoms. The van der Waals surface area contributed by atoms with E-state index < -0.39 is 0 Å². The Morgan fingerprint density at radius 2 is 2.38 bits per heavy atom. The minimum atomic E-state index is 0.0637. The average Bonchev–Trinajstić information content (AvgIpc) is 2.95. The number of aromatic nitrogens is 1. The SMILES string of the molecule is CCc1cnc(CCNC(=O)N2CCC[C@@H](N(C)C)C2)s1. The number of urea groups is 1. The van der Waals surface area contributed by atoms with Gasteiger partial charge in [-0.3, -0.25) is 0 Å². The van der Waals surface area contributed by atoms with Crippen LogP contribution in [-0.4, -0.2) is 60.6 Å². The van der Waals surface area contributed by atoms with Crippen LogP contribution in [0.4, 0.5) is 4.79 Å². The first kappa shape index (κ1) is 16.2. The molecule has 6 heteroatoms. The molecule has 1 aromatic rings. The van der Waals surface area contributed by atoms with E-state index >= 15 is 0 Å². The van der Waals surface area contributed by atoms with Crippen molar-refractivity contribution in [1.29, 1.82) is 0 Å². The van der Waals surface area contributed by atoms with Crippen LogP contribution in [0.2, 0.25) is 0 Å². The number of carbonyl (C=O) groups is 1. The first-order chi connectivity index (χ1) is 10.1. The van der Waals surface area contributed by atoms with E-state index in [0.717, 1.165) is 37.4 Å². The molecule has 0 unspecified atom stereocenters. The van der Waals surface area contributed by atoms with Crippen LogP contribution < -0.4 is 5.32 Å². The Morgan fingerprint density at radius 1 is 1.57 bits per heavy atom. The molecule has 1 N–H and O–H groups in total. The van der Waals surface area contributed by atoms with Gasteiger partial charge in [-0.05, 0) is 33.4 Å². The summed E-state index contributed by atoms with van der Waals surface area (Å²) in [6, 6.07) is 0.546. The van der Waals surface area contributed by atoms with Crippen LogP contribution in [0, 0.1) is 0 Å². The van der Waals surface area contributed by atoms with Crippen LogP contribution in [0.5, 0.6) is 0 Å². The number of rotatable bonds is 5. The van der Waals surface area contributed by atoms with Gasteiger partial charge >= 0.3 is 6.03 Å². The van der Waals surface area contributed by atoms with E-state index in [4.69, 9.17) is 0 Å². The molecule has 1 saturated heterocycles. The first-order valence-corrected chi connectivity index (χ1v) is 8.54. The summed E-state index contributed by atoms with van der Waals surface area (Å²) in [5, 5.41) is 4.13. The van der Waals surface area contributed by atoms with E-state index in [1.54, 1.807) is 11.3 Å². The lowest BCUT2D eigenvalue weighted by Gasteiger charge is -2.36. The Labute approximate surface area is 131 Å². The number of likely N-dealkylation sites (tertiary alicyclic amines) is 1. The van der Waals surface area contributed by atoms with Crippen molar-refractivity contribution in [1.82, 2.24) is 20.1 Å². The zero-order valence-electron chi connectivity index (χ0n) is 13.3. The van der Waals surface area contributed by atoms with Crippen LogP contribution in [0.1, 0.15) is 29.7 Å². The van der Waals surface area contributed by atoms with Crippen molar-refractivity contribution in [3.8, 4) is 0 Å². The molecule has 1 fully saturated rings. The van der Waals surface area contributed by atoms with Gasteiger partial charge in [-0.1, -0.05) is 6.92 Å². The molecule has 1 atom stereocenters. The zero-order valence-corrected chi connectivity index (χ0v) is 14.1. The number of nitrogens with one attached hydrogen (secondary N) is 1. The predicted molar refractivity (Wildman–Crippen MR) is 86.9 cm³/mol. The fourth-order valence-corrected chi connectivity index (χ4v) is 3.44. The highest BCUT2D eigenvalue weighted by molar-refractivity contribution is 7.11. The van der Waals surface area contributed by atoms with Crippen molar-refractivity contribution in [3.05, 3.63) is 16.1 Å².